The van der Waals surface area contributed by atoms with Crippen LogP contribution in [0.25, 0.3) is 11.0 Å². The average Bonchev–Trinajstić information content (AvgIpc) is 2.83. The summed E-state index contributed by atoms with van der Waals surface area (Å²) in [5.74, 6) is 1.32. The molecule has 0 saturated carbocycles. The fourth-order valence-electron chi connectivity index (χ4n) is 1.99. The van der Waals surface area contributed by atoms with Crippen LogP contribution >= 0.6 is 27.3 Å². The number of rotatable bonds is 3. The molecule has 0 aliphatic rings. The topological polar surface area (TPSA) is 67.9 Å². The first-order chi connectivity index (χ1) is 9.63. The molecule has 0 amide bonds. The van der Waals surface area contributed by atoms with E-state index in [-0.39, 0.29) is 0 Å². The summed E-state index contributed by atoms with van der Waals surface area (Å²) in [6, 6.07) is 7.83. The van der Waals surface area contributed by atoms with E-state index in [4.69, 9.17) is 5.73 Å². The van der Waals surface area contributed by atoms with Gasteiger partial charge in [0.1, 0.15) is 18.0 Å². The Kier molecular flexibility index (Phi) is 3.54. The number of nitrogen functional groups attached to an aromatic ring is 1. The first-order valence-electron chi connectivity index (χ1n) is 5.96. The lowest BCUT2D eigenvalue weighted by Crippen LogP contribution is -2.17. The molecule has 0 saturated heterocycles. The first kappa shape index (κ1) is 13.3. The van der Waals surface area contributed by atoms with Crippen LogP contribution in [0, 0.1) is 0 Å². The number of nitrogens with zero attached hydrogens (tertiary/aromatic N) is 4. The maximum Gasteiger partial charge on any atom is 0.166 e. The number of thiophene rings is 1. The number of nitrogens with two attached hydrogens (primary N) is 1. The van der Waals surface area contributed by atoms with Crippen LogP contribution in [0.15, 0.2) is 34.4 Å². The first-order valence-corrected chi connectivity index (χ1v) is 7.57. The molecule has 0 fully saturated rings. The van der Waals surface area contributed by atoms with Crippen LogP contribution in [-0.4, -0.2) is 22.0 Å². The normalized spacial score (nSPS) is 10.9. The second-order valence-electron chi connectivity index (χ2n) is 4.37. The SMILES string of the molecule is CN(Cc1ccc(Br)s1)c1ncnc2nc(N)ccc12. The van der Waals surface area contributed by atoms with E-state index in [9.17, 15) is 0 Å². The van der Waals surface area contributed by atoms with Crippen molar-refractivity contribution in [1.82, 2.24) is 15.0 Å². The number of anilines is 2. The lowest BCUT2D eigenvalue weighted by Gasteiger charge is -2.18. The van der Waals surface area contributed by atoms with E-state index >= 15 is 0 Å². The van der Waals surface area contributed by atoms with Crippen LogP contribution in [0.5, 0.6) is 0 Å². The Morgan fingerprint density at radius 2 is 2.10 bits per heavy atom. The van der Waals surface area contributed by atoms with Crippen molar-refractivity contribution in [2.24, 2.45) is 0 Å². The fraction of sp³-hybridized carbons (Fsp3) is 0.154. The van der Waals surface area contributed by atoms with Crippen molar-refractivity contribution in [1.29, 1.82) is 0 Å². The zero-order valence-electron chi connectivity index (χ0n) is 10.7. The zero-order valence-corrected chi connectivity index (χ0v) is 13.1. The maximum absolute atomic E-state index is 5.69. The Morgan fingerprint density at radius 1 is 1.25 bits per heavy atom. The van der Waals surface area contributed by atoms with Gasteiger partial charge in [-0.1, -0.05) is 0 Å². The molecule has 102 valence electrons. The van der Waals surface area contributed by atoms with Crippen LogP contribution in [-0.2, 0) is 6.54 Å². The molecular formula is C13H12BrN5S. The van der Waals surface area contributed by atoms with Crippen LogP contribution in [0.3, 0.4) is 0 Å². The largest absolute Gasteiger partial charge is 0.384 e. The van der Waals surface area contributed by atoms with Crippen LogP contribution in [0.1, 0.15) is 4.88 Å². The number of pyridine rings is 1. The number of aromatic nitrogens is 3. The average molecular weight is 350 g/mol. The van der Waals surface area contributed by atoms with Crippen LogP contribution in [0.4, 0.5) is 11.6 Å². The lowest BCUT2D eigenvalue weighted by atomic mass is 10.3. The molecule has 20 heavy (non-hydrogen) atoms. The molecule has 0 aliphatic carbocycles. The van der Waals surface area contributed by atoms with Gasteiger partial charge >= 0.3 is 0 Å². The monoisotopic (exact) mass is 349 g/mol. The summed E-state index contributed by atoms with van der Waals surface area (Å²) in [6.07, 6.45) is 1.52. The number of hydrogen-bond donors (Lipinski definition) is 1. The molecule has 5 nitrogen and oxygen atoms in total. The van der Waals surface area contributed by atoms with E-state index in [1.54, 1.807) is 17.4 Å². The molecule has 0 radical (unpaired) electrons. The minimum absolute atomic E-state index is 0.465. The van der Waals surface area contributed by atoms with Crippen LogP contribution in [0.2, 0.25) is 0 Å². The van der Waals surface area contributed by atoms with Gasteiger partial charge < -0.3 is 10.6 Å². The molecule has 0 unspecified atom stereocenters. The molecule has 0 bridgehead atoms. The van der Waals surface area contributed by atoms with Gasteiger partial charge in [-0.2, -0.15) is 0 Å². The summed E-state index contributed by atoms with van der Waals surface area (Å²) >= 11 is 5.19. The second-order valence-corrected chi connectivity index (χ2v) is 6.91. The highest BCUT2D eigenvalue weighted by Crippen LogP contribution is 2.26. The third-order valence-electron chi connectivity index (χ3n) is 2.88. The molecule has 3 rings (SSSR count). The molecule has 0 aromatic carbocycles. The number of fused-ring (bicyclic) bond motifs is 1. The van der Waals surface area contributed by atoms with Gasteiger partial charge in [-0.05, 0) is 40.2 Å². The Morgan fingerprint density at radius 3 is 2.85 bits per heavy atom. The molecule has 0 spiro atoms. The molecule has 3 aromatic heterocycles. The van der Waals surface area contributed by atoms with Crippen molar-refractivity contribution >= 4 is 49.9 Å². The minimum Gasteiger partial charge on any atom is -0.384 e. The summed E-state index contributed by atoms with van der Waals surface area (Å²) in [7, 11) is 2.01. The van der Waals surface area contributed by atoms with E-state index in [0.29, 0.717) is 11.5 Å². The van der Waals surface area contributed by atoms with E-state index in [1.807, 2.05) is 19.2 Å². The van der Waals surface area contributed by atoms with Crippen molar-refractivity contribution in [3.63, 3.8) is 0 Å². The molecule has 3 aromatic rings. The van der Waals surface area contributed by atoms with E-state index < -0.39 is 0 Å². The molecule has 0 atom stereocenters. The Labute approximate surface area is 128 Å². The molecule has 0 aliphatic heterocycles. The maximum atomic E-state index is 5.69. The standard InChI is InChI=1S/C13H12BrN5S/c1-19(6-8-2-4-10(14)20-8)13-9-3-5-11(15)18-12(9)16-7-17-13/h2-5,7H,6H2,1H3,(H2,15,16,17,18). The Balaban J connectivity index is 1.96. The van der Waals surface area contributed by atoms with Gasteiger partial charge in [0.15, 0.2) is 5.65 Å². The van der Waals surface area contributed by atoms with Gasteiger partial charge in [0.05, 0.1) is 15.7 Å². The number of halogens is 1. The van der Waals surface area contributed by atoms with Crippen molar-refractivity contribution in [2.75, 3.05) is 17.7 Å². The van der Waals surface area contributed by atoms with Gasteiger partial charge in [0.25, 0.3) is 0 Å². The molecule has 3 heterocycles. The van der Waals surface area contributed by atoms with E-state index in [2.05, 4.69) is 41.8 Å². The third kappa shape index (κ3) is 2.59. The summed E-state index contributed by atoms with van der Waals surface area (Å²) in [5, 5.41) is 0.903. The van der Waals surface area contributed by atoms with E-state index in [0.717, 1.165) is 21.5 Å². The molecular weight excluding hydrogens is 338 g/mol. The molecule has 7 heteroatoms. The minimum atomic E-state index is 0.465. The third-order valence-corrected chi connectivity index (χ3v) is 4.49. The van der Waals surface area contributed by atoms with E-state index in [1.165, 1.54) is 11.2 Å². The fourth-order valence-corrected chi connectivity index (χ4v) is 3.53. The summed E-state index contributed by atoms with van der Waals surface area (Å²) in [5.41, 5.74) is 6.31. The Bertz CT molecular complexity index is 757. The van der Waals surface area contributed by atoms with Crippen molar-refractivity contribution in [2.45, 2.75) is 6.54 Å². The lowest BCUT2D eigenvalue weighted by molar-refractivity contribution is 0.913. The smallest absolute Gasteiger partial charge is 0.166 e. The summed E-state index contributed by atoms with van der Waals surface area (Å²) in [6.45, 7) is 0.784. The Hall–Kier alpha value is -1.73. The van der Waals surface area contributed by atoms with Crippen LogP contribution < -0.4 is 10.6 Å². The zero-order chi connectivity index (χ0) is 14.1. The van der Waals surface area contributed by atoms with Gasteiger partial charge in [0, 0.05) is 11.9 Å². The van der Waals surface area contributed by atoms with Gasteiger partial charge in [-0.3, -0.25) is 0 Å². The van der Waals surface area contributed by atoms with Gasteiger partial charge in [-0.25, -0.2) is 15.0 Å². The summed E-state index contributed by atoms with van der Waals surface area (Å²) < 4.78 is 1.13. The predicted octanol–water partition coefficient (Wildman–Crippen LogP) is 3.07. The van der Waals surface area contributed by atoms with Gasteiger partial charge in [0.2, 0.25) is 0 Å². The highest BCUT2D eigenvalue weighted by Gasteiger charge is 2.11. The summed E-state index contributed by atoms with van der Waals surface area (Å²) in [4.78, 5) is 16.1. The highest BCUT2D eigenvalue weighted by atomic mass is 79.9. The quantitative estimate of drug-likeness (QED) is 0.786. The predicted molar refractivity (Wildman–Crippen MR) is 85.9 cm³/mol. The van der Waals surface area contributed by atoms with Crippen molar-refractivity contribution in [3.05, 3.63) is 39.3 Å². The van der Waals surface area contributed by atoms with Gasteiger partial charge in [-0.15, -0.1) is 11.3 Å². The second kappa shape index (κ2) is 5.34. The number of hydrogen-bond acceptors (Lipinski definition) is 6. The highest BCUT2D eigenvalue weighted by molar-refractivity contribution is 9.11. The molecule has 2 N–H and O–H groups in total. The van der Waals surface area contributed by atoms with Crippen molar-refractivity contribution in [3.8, 4) is 0 Å². The van der Waals surface area contributed by atoms with Crippen molar-refractivity contribution < 1.29 is 0 Å².